The second-order valence-corrected chi connectivity index (χ2v) is 9.37. The van der Waals surface area contributed by atoms with Crippen LogP contribution in [0.25, 0.3) is 0 Å². The largest absolute Gasteiger partial charge is 0.453 e. The molecule has 1 aliphatic heterocycles. The predicted octanol–water partition coefficient (Wildman–Crippen LogP) is 3.12. The number of amides is 1. The Morgan fingerprint density at radius 3 is 2.40 bits per heavy atom. The number of hydrogen-bond acceptors (Lipinski definition) is 4. The molecular weight excluding hydrogens is 343 g/mol. The molecule has 7 nitrogen and oxygen atoms in total. The van der Waals surface area contributed by atoms with Gasteiger partial charge in [-0.15, -0.1) is 0 Å². The number of rotatable bonds is 4. The molecule has 1 saturated heterocycles. The van der Waals surface area contributed by atoms with Crippen molar-refractivity contribution in [2.24, 2.45) is 17.8 Å². The van der Waals surface area contributed by atoms with E-state index in [1.807, 2.05) is 13.8 Å². The topological polar surface area (TPSA) is 111 Å². The molecule has 1 aliphatic carbocycles. The van der Waals surface area contributed by atoms with Gasteiger partial charge in [-0.1, -0.05) is 13.8 Å². The zero-order valence-corrected chi connectivity index (χ0v) is 16.1. The molecule has 0 aromatic carbocycles. The van der Waals surface area contributed by atoms with E-state index in [4.69, 9.17) is 4.74 Å². The Kier molecular flexibility index (Phi) is 6.19. The van der Waals surface area contributed by atoms with Crippen molar-refractivity contribution in [1.29, 1.82) is 5.26 Å². The number of hydrogen-bond donors (Lipinski definition) is 2. The molecule has 2 fully saturated rings. The molecule has 2 N–H and O–H groups in total. The van der Waals surface area contributed by atoms with Crippen molar-refractivity contribution in [2.75, 3.05) is 13.7 Å². The van der Waals surface area contributed by atoms with Gasteiger partial charge in [-0.2, -0.15) is 5.26 Å². The lowest BCUT2D eigenvalue weighted by atomic mass is 9.65. The normalized spacial score (nSPS) is 30.3. The Morgan fingerprint density at radius 2 is 1.92 bits per heavy atom. The fourth-order valence-electron chi connectivity index (χ4n) is 5.06. The summed E-state index contributed by atoms with van der Waals surface area (Å²) in [5.74, 6) is 0.435. The zero-order chi connectivity index (χ0) is 18.8. The van der Waals surface area contributed by atoms with E-state index >= 15 is 0 Å². The van der Waals surface area contributed by atoms with E-state index in [1.54, 1.807) is 0 Å². The summed E-state index contributed by atoms with van der Waals surface area (Å²) < 4.78 is 17.0. The first kappa shape index (κ1) is 20.2. The van der Waals surface area contributed by atoms with E-state index in [9.17, 15) is 24.4 Å². The lowest BCUT2D eigenvalue weighted by Crippen LogP contribution is -2.52. The lowest BCUT2D eigenvalue weighted by molar-refractivity contribution is 0.0272. The van der Waals surface area contributed by atoms with Crippen LogP contribution in [0.5, 0.6) is 0 Å². The van der Waals surface area contributed by atoms with Gasteiger partial charge in [0.05, 0.1) is 18.3 Å². The second kappa shape index (κ2) is 7.65. The number of likely N-dealkylation sites (tertiary alicyclic amines) is 1. The minimum absolute atomic E-state index is 0.0476. The van der Waals surface area contributed by atoms with Gasteiger partial charge in [0, 0.05) is 6.54 Å². The molecule has 25 heavy (non-hydrogen) atoms. The van der Waals surface area contributed by atoms with Crippen molar-refractivity contribution in [3.05, 3.63) is 0 Å². The third-order valence-electron chi connectivity index (χ3n) is 6.60. The average Bonchev–Trinajstić information content (AvgIpc) is 2.60. The van der Waals surface area contributed by atoms with Crippen molar-refractivity contribution in [2.45, 2.75) is 63.6 Å². The minimum atomic E-state index is -4.23. The summed E-state index contributed by atoms with van der Waals surface area (Å²) >= 11 is 0. The molecule has 0 spiro atoms. The fraction of sp³-hybridized carbons (Fsp3) is 0.882. The number of carbonyl (C=O) groups is 1. The van der Waals surface area contributed by atoms with Crippen molar-refractivity contribution < 1.29 is 23.9 Å². The molecule has 1 heterocycles. The van der Waals surface area contributed by atoms with E-state index < -0.39 is 24.9 Å². The van der Waals surface area contributed by atoms with Crippen LogP contribution in [0.2, 0.25) is 0 Å². The maximum absolute atomic E-state index is 12.2. The lowest BCUT2D eigenvalue weighted by Gasteiger charge is -2.49. The highest BCUT2D eigenvalue weighted by atomic mass is 31.2. The van der Waals surface area contributed by atoms with Crippen molar-refractivity contribution in [3.63, 3.8) is 0 Å². The van der Waals surface area contributed by atoms with Gasteiger partial charge in [0.15, 0.2) is 0 Å². The Morgan fingerprint density at radius 1 is 1.28 bits per heavy atom. The highest BCUT2D eigenvalue weighted by Crippen LogP contribution is 2.62. The molecule has 4 atom stereocenters. The molecule has 0 radical (unpaired) electrons. The molecule has 2 aliphatic rings. The van der Waals surface area contributed by atoms with E-state index in [0.717, 1.165) is 12.8 Å². The quantitative estimate of drug-likeness (QED) is 0.734. The van der Waals surface area contributed by atoms with E-state index in [0.29, 0.717) is 32.2 Å². The summed E-state index contributed by atoms with van der Waals surface area (Å²) in [6.45, 7) is 4.20. The number of nitriles is 1. The zero-order valence-electron chi connectivity index (χ0n) is 15.2. The molecule has 0 aromatic heterocycles. The smallest absolute Gasteiger partial charge is 0.410 e. The molecule has 2 rings (SSSR count). The Balaban J connectivity index is 2.20. The summed E-state index contributed by atoms with van der Waals surface area (Å²) in [7, 11) is -2.91. The van der Waals surface area contributed by atoms with Gasteiger partial charge >= 0.3 is 13.7 Å². The molecule has 0 bridgehead atoms. The van der Waals surface area contributed by atoms with Crippen molar-refractivity contribution in [1.82, 2.24) is 4.90 Å². The molecule has 0 unspecified atom stereocenters. The van der Waals surface area contributed by atoms with Crippen LogP contribution in [0.3, 0.4) is 0 Å². The van der Waals surface area contributed by atoms with Gasteiger partial charge in [0.1, 0.15) is 6.04 Å². The summed E-state index contributed by atoms with van der Waals surface area (Å²) in [5.41, 5.74) is 0. The summed E-state index contributed by atoms with van der Waals surface area (Å²) in [6.07, 6.45) is 3.27. The highest BCUT2D eigenvalue weighted by molar-refractivity contribution is 7.53. The van der Waals surface area contributed by atoms with Gasteiger partial charge in [0.2, 0.25) is 0 Å². The Labute approximate surface area is 149 Å². The standard InChI is InChI=1S/C17H29N2O5P/c1-4-17(5-2,25(21,22)23)14-7-6-12-11-19(16(20)24-3)15(10-18)9-13(12)8-14/h12-15H,4-9,11H2,1-3H3,(H2,21,22,23)/t12-,13+,14-,15-/m0/s1. The Hall–Kier alpha value is -1.09. The van der Waals surface area contributed by atoms with Crippen LogP contribution in [0, 0.1) is 29.1 Å². The van der Waals surface area contributed by atoms with E-state index in [-0.39, 0.29) is 17.8 Å². The maximum atomic E-state index is 12.2. The van der Waals surface area contributed by atoms with Crippen molar-refractivity contribution >= 4 is 13.7 Å². The Bertz CT molecular complexity index is 580. The fourth-order valence-corrected chi connectivity index (χ4v) is 6.59. The van der Waals surface area contributed by atoms with E-state index in [1.165, 1.54) is 12.0 Å². The van der Waals surface area contributed by atoms with Gasteiger partial charge < -0.3 is 14.5 Å². The van der Waals surface area contributed by atoms with Crippen LogP contribution in [0.4, 0.5) is 4.79 Å². The first-order valence-corrected chi connectivity index (χ1v) is 10.6. The molecule has 1 amide bonds. The first-order chi connectivity index (χ1) is 11.7. The number of nitrogens with zero attached hydrogens (tertiary/aromatic N) is 2. The first-order valence-electron chi connectivity index (χ1n) is 9.03. The third-order valence-corrected chi connectivity index (χ3v) is 8.75. The molecule has 1 saturated carbocycles. The van der Waals surface area contributed by atoms with Crippen LogP contribution in [-0.4, -0.2) is 45.6 Å². The maximum Gasteiger partial charge on any atom is 0.410 e. The molecular formula is C17H29N2O5P. The third kappa shape index (κ3) is 3.58. The summed E-state index contributed by atoms with van der Waals surface area (Å²) in [4.78, 5) is 33.4. The van der Waals surface area contributed by atoms with Crippen LogP contribution in [0.15, 0.2) is 0 Å². The van der Waals surface area contributed by atoms with Gasteiger partial charge in [0.25, 0.3) is 0 Å². The van der Waals surface area contributed by atoms with Gasteiger partial charge in [-0.25, -0.2) is 4.79 Å². The SMILES string of the molecule is CCC(CC)([C@H]1CC[C@H]2CN(C(=O)OC)[C@H](C#N)C[C@H]2C1)P(=O)(O)O. The van der Waals surface area contributed by atoms with Crippen LogP contribution in [0.1, 0.15) is 52.4 Å². The molecule has 8 heteroatoms. The van der Waals surface area contributed by atoms with Crippen LogP contribution in [-0.2, 0) is 9.30 Å². The number of methoxy groups -OCH3 is 1. The summed E-state index contributed by atoms with van der Waals surface area (Å²) in [5, 5.41) is 8.45. The van der Waals surface area contributed by atoms with Gasteiger partial charge in [-0.05, 0) is 56.3 Å². The number of fused-ring (bicyclic) bond motifs is 1. The van der Waals surface area contributed by atoms with Crippen LogP contribution >= 0.6 is 7.60 Å². The summed E-state index contributed by atoms with van der Waals surface area (Å²) in [6, 6.07) is 1.66. The minimum Gasteiger partial charge on any atom is -0.453 e. The second-order valence-electron chi connectivity index (χ2n) is 7.39. The molecule has 0 aromatic rings. The average molecular weight is 372 g/mol. The van der Waals surface area contributed by atoms with E-state index in [2.05, 4.69) is 6.07 Å². The predicted molar refractivity (Wildman–Crippen MR) is 92.8 cm³/mol. The number of carbonyl (C=O) groups excluding carboxylic acids is 1. The van der Waals surface area contributed by atoms with Crippen molar-refractivity contribution in [3.8, 4) is 6.07 Å². The number of piperidine rings is 1. The molecule has 142 valence electrons. The highest BCUT2D eigenvalue weighted by Gasteiger charge is 2.53. The van der Waals surface area contributed by atoms with Gasteiger partial charge in [-0.3, -0.25) is 9.46 Å². The monoisotopic (exact) mass is 372 g/mol. The van der Waals surface area contributed by atoms with Crippen LogP contribution < -0.4 is 0 Å². The number of ether oxygens (including phenoxy) is 1.